The van der Waals surface area contributed by atoms with Crippen LogP contribution in [-0.2, 0) is 0 Å². The summed E-state index contributed by atoms with van der Waals surface area (Å²) in [6, 6.07) is 11.2. The average molecular weight is 255 g/mol. The minimum Gasteiger partial charge on any atom is -0.356 e. The molecule has 0 fully saturated rings. The molecule has 0 atom stereocenters. The lowest BCUT2D eigenvalue weighted by atomic mass is 10.2. The van der Waals surface area contributed by atoms with Gasteiger partial charge >= 0.3 is 0 Å². The normalized spacial score (nSPS) is 10.8. The van der Waals surface area contributed by atoms with Crippen molar-refractivity contribution < 1.29 is 4.52 Å². The maximum atomic E-state index is 12.4. The molecule has 1 N–H and O–H groups in total. The molecule has 0 spiro atoms. The Morgan fingerprint density at radius 2 is 1.95 bits per heavy atom. The number of nitrogens with one attached hydrogen (secondary N) is 1. The van der Waals surface area contributed by atoms with Gasteiger partial charge in [-0.3, -0.25) is 9.89 Å². The molecule has 1 aromatic carbocycles. The molecule has 3 rings (SSSR count). The van der Waals surface area contributed by atoms with Crippen LogP contribution in [0.2, 0.25) is 0 Å². The molecular formula is C14H13N3O2. The van der Waals surface area contributed by atoms with Gasteiger partial charge in [0.15, 0.2) is 5.76 Å². The number of H-pyrrole nitrogens is 1. The Morgan fingerprint density at radius 1 is 1.21 bits per heavy atom. The van der Waals surface area contributed by atoms with Crippen molar-refractivity contribution in [1.29, 1.82) is 0 Å². The average Bonchev–Trinajstić information content (AvgIpc) is 2.95. The number of rotatable bonds is 2. The number of para-hydroxylation sites is 1. The van der Waals surface area contributed by atoms with Gasteiger partial charge < -0.3 is 4.52 Å². The minimum absolute atomic E-state index is 0.139. The Labute approximate surface area is 109 Å². The predicted octanol–water partition coefficient (Wildman–Crippen LogP) is 2.44. The Morgan fingerprint density at radius 3 is 2.58 bits per heavy atom. The van der Waals surface area contributed by atoms with Crippen LogP contribution in [0.4, 0.5) is 0 Å². The highest BCUT2D eigenvalue weighted by Gasteiger charge is 2.17. The topological polar surface area (TPSA) is 63.8 Å². The van der Waals surface area contributed by atoms with Crippen molar-refractivity contribution in [3.63, 3.8) is 0 Å². The van der Waals surface area contributed by atoms with Crippen molar-refractivity contribution in [2.45, 2.75) is 13.8 Å². The number of hydrogen-bond acceptors (Lipinski definition) is 3. The van der Waals surface area contributed by atoms with E-state index in [2.05, 4.69) is 10.3 Å². The third-order valence-corrected chi connectivity index (χ3v) is 2.96. The van der Waals surface area contributed by atoms with E-state index in [0.29, 0.717) is 11.3 Å². The molecule has 0 radical (unpaired) electrons. The molecule has 0 aliphatic carbocycles. The second-order valence-electron chi connectivity index (χ2n) is 4.42. The zero-order chi connectivity index (χ0) is 13.4. The van der Waals surface area contributed by atoms with Gasteiger partial charge in [0.2, 0.25) is 0 Å². The number of nitrogens with zero attached hydrogens (tertiary/aromatic N) is 2. The molecule has 5 heteroatoms. The Hall–Kier alpha value is -2.56. The van der Waals surface area contributed by atoms with Crippen LogP contribution < -0.4 is 5.56 Å². The Kier molecular flexibility index (Phi) is 2.59. The first-order chi connectivity index (χ1) is 9.16. The minimum atomic E-state index is -0.139. The molecule has 0 bridgehead atoms. The maximum Gasteiger partial charge on any atom is 0.282 e. The van der Waals surface area contributed by atoms with Crippen LogP contribution in [-0.4, -0.2) is 14.9 Å². The summed E-state index contributed by atoms with van der Waals surface area (Å²) >= 11 is 0. The Balaban J connectivity index is 2.19. The van der Waals surface area contributed by atoms with Crippen molar-refractivity contribution >= 4 is 0 Å². The van der Waals surface area contributed by atoms with Crippen LogP contribution in [0.5, 0.6) is 0 Å². The van der Waals surface area contributed by atoms with E-state index in [9.17, 15) is 4.79 Å². The smallest absolute Gasteiger partial charge is 0.282 e. The summed E-state index contributed by atoms with van der Waals surface area (Å²) in [6.07, 6.45) is 0. The molecule has 3 aromatic rings. The van der Waals surface area contributed by atoms with Crippen molar-refractivity contribution in [3.8, 4) is 17.0 Å². The van der Waals surface area contributed by atoms with Gasteiger partial charge in [-0.1, -0.05) is 23.4 Å². The fraction of sp³-hybridized carbons (Fsp3) is 0.143. The van der Waals surface area contributed by atoms with Crippen molar-refractivity contribution in [2.24, 2.45) is 0 Å². The monoisotopic (exact) mass is 255 g/mol. The van der Waals surface area contributed by atoms with Gasteiger partial charge in [-0.05, 0) is 26.0 Å². The quantitative estimate of drug-likeness (QED) is 0.765. The van der Waals surface area contributed by atoms with Gasteiger partial charge in [-0.25, -0.2) is 4.68 Å². The molecule has 5 nitrogen and oxygen atoms in total. The van der Waals surface area contributed by atoms with Crippen LogP contribution in [0.3, 0.4) is 0 Å². The van der Waals surface area contributed by atoms with E-state index in [0.717, 1.165) is 17.1 Å². The Bertz CT molecular complexity index is 766. The molecule has 2 aromatic heterocycles. The fourth-order valence-corrected chi connectivity index (χ4v) is 2.08. The van der Waals surface area contributed by atoms with Crippen LogP contribution in [0.1, 0.15) is 11.4 Å². The molecule has 96 valence electrons. The molecule has 0 aliphatic rings. The first kappa shape index (κ1) is 11.5. The van der Waals surface area contributed by atoms with E-state index in [4.69, 9.17) is 4.52 Å². The zero-order valence-electron chi connectivity index (χ0n) is 10.7. The highest BCUT2D eigenvalue weighted by molar-refractivity contribution is 5.60. The summed E-state index contributed by atoms with van der Waals surface area (Å²) in [5.74, 6) is 0.492. The summed E-state index contributed by atoms with van der Waals surface area (Å²) in [7, 11) is 0. The lowest BCUT2D eigenvalue weighted by molar-refractivity contribution is 0.426. The van der Waals surface area contributed by atoms with E-state index in [-0.39, 0.29) is 5.56 Å². The van der Waals surface area contributed by atoms with Crippen molar-refractivity contribution in [3.05, 3.63) is 58.1 Å². The molecule has 19 heavy (non-hydrogen) atoms. The lowest BCUT2D eigenvalue weighted by Gasteiger charge is -1.99. The van der Waals surface area contributed by atoms with Gasteiger partial charge in [-0.2, -0.15) is 0 Å². The second kappa shape index (κ2) is 4.28. The van der Waals surface area contributed by atoms with Gasteiger partial charge in [0.25, 0.3) is 5.56 Å². The summed E-state index contributed by atoms with van der Waals surface area (Å²) in [6.45, 7) is 3.67. The standard InChI is InChI=1S/C14H13N3O2/c1-9-8-12(19-16-9)13-10(2)15-17(14(13)18)11-6-4-3-5-7-11/h3-8,15H,1-2H3. The summed E-state index contributed by atoms with van der Waals surface area (Å²) in [5.41, 5.74) is 2.67. The van der Waals surface area contributed by atoms with E-state index >= 15 is 0 Å². The number of aromatic nitrogens is 3. The predicted molar refractivity (Wildman–Crippen MR) is 71.4 cm³/mol. The molecule has 0 aliphatic heterocycles. The van der Waals surface area contributed by atoms with Crippen LogP contribution in [0.25, 0.3) is 17.0 Å². The first-order valence-electron chi connectivity index (χ1n) is 5.97. The third-order valence-electron chi connectivity index (χ3n) is 2.96. The molecule has 0 saturated carbocycles. The number of aryl methyl sites for hydroxylation is 2. The first-order valence-corrected chi connectivity index (χ1v) is 5.97. The molecule has 0 saturated heterocycles. The van der Waals surface area contributed by atoms with Gasteiger partial charge in [-0.15, -0.1) is 0 Å². The van der Waals surface area contributed by atoms with E-state index in [1.165, 1.54) is 4.68 Å². The molecule has 2 heterocycles. The zero-order valence-corrected chi connectivity index (χ0v) is 10.7. The highest BCUT2D eigenvalue weighted by Crippen LogP contribution is 2.20. The number of hydrogen-bond donors (Lipinski definition) is 1. The van der Waals surface area contributed by atoms with E-state index < -0.39 is 0 Å². The highest BCUT2D eigenvalue weighted by atomic mass is 16.5. The molecular weight excluding hydrogens is 242 g/mol. The SMILES string of the molecule is Cc1cc(-c2c(C)[nH]n(-c3ccccc3)c2=O)on1. The molecule has 0 amide bonds. The lowest BCUT2D eigenvalue weighted by Crippen LogP contribution is -2.15. The fourth-order valence-electron chi connectivity index (χ4n) is 2.08. The maximum absolute atomic E-state index is 12.4. The van der Waals surface area contributed by atoms with Crippen molar-refractivity contribution in [2.75, 3.05) is 0 Å². The number of aromatic amines is 1. The summed E-state index contributed by atoms with van der Waals surface area (Å²) in [4.78, 5) is 12.4. The van der Waals surface area contributed by atoms with Gasteiger partial charge in [0.1, 0.15) is 5.56 Å². The molecule has 0 unspecified atom stereocenters. The largest absolute Gasteiger partial charge is 0.356 e. The van der Waals surface area contributed by atoms with Gasteiger partial charge in [0.05, 0.1) is 11.4 Å². The van der Waals surface area contributed by atoms with Gasteiger partial charge in [0, 0.05) is 11.8 Å². The second-order valence-corrected chi connectivity index (χ2v) is 4.42. The van der Waals surface area contributed by atoms with Crippen LogP contribution in [0.15, 0.2) is 45.7 Å². The summed E-state index contributed by atoms with van der Waals surface area (Å²) < 4.78 is 6.68. The van der Waals surface area contributed by atoms with E-state index in [1.807, 2.05) is 44.2 Å². The number of benzene rings is 1. The van der Waals surface area contributed by atoms with Crippen LogP contribution in [0, 0.1) is 13.8 Å². The summed E-state index contributed by atoms with van der Waals surface area (Å²) in [5, 5.41) is 6.87. The van der Waals surface area contributed by atoms with E-state index in [1.54, 1.807) is 6.07 Å². The van der Waals surface area contributed by atoms with Crippen molar-refractivity contribution in [1.82, 2.24) is 14.9 Å². The van der Waals surface area contributed by atoms with Crippen LogP contribution >= 0.6 is 0 Å². The third kappa shape index (κ3) is 1.89.